The Balaban J connectivity index is 2.59. The van der Waals surface area contributed by atoms with Gasteiger partial charge in [-0.25, -0.2) is 4.39 Å². The van der Waals surface area contributed by atoms with E-state index in [4.69, 9.17) is 4.74 Å². The smallest absolute Gasteiger partial charge is 0.165 e. The van der Waals surface area contributed by atoms with Crippen LogP contribution in [0, 0.1) is 12.7 Å². The SMILES string of the molecule is Cc1ccc(F)c(OCCCBr)c1. The fourth-order valence-electron chi connectivity index (χ4n) is 0.958. The van der Waals surface area contributed by atoms with E-state index < -0.39 is 0 Å². The normalized spacial score (nSPS) is 10.1. The standard InChI is InChI=1S/C10H12BrFO/c1-8-3-4-9(12)10(7-8)13-6-2-5-11/h3-4,7H,2,5-6H2,1H3. The highest BCUT2D eigenvalue weighted by atomic mass is 79.9. The van der Waals surface area contributed by atoms with Crippen molar-refractivity contribution in [3.05, 3.63) is 29.6 Å². The maximum absolute atomic E-state index is 13.1. The molecule has 0 atom stereocenters. The van der Waals surface area contributed by atoms with Gasteiger partial charge in [0.2, 0.25) is 0 Å². The van der Waals surface area contributed by atoms with Crippen molar-refractivity contribution in [1.29, 1.82) is 0 Å². The molecule has 0 fully saturated rings. The lowest BCUT2D eigenvalue weighted by Gasteiger charge is -2.06. The molecule has 0 aliphatic carbocycles. The molecule has 0 amide bonds. The number of benzene rings is 1. The molecule has 0 N–H and O–H groups in total. The molecule has 0 saturated heterocycles. The summed E-state index contributed by atoms with van der Waals surface area (Å²) in [5.74, 6) is 0.0566. The van der Waals surface area contributed by atoms with Crippen LogP contribution in [0.25, 0.3) is 0 Å². The summed E-state index contributed by atoms with van der Waals surface area (Å²) in [5, 5.41) is 0.875. The van der Waals surface area contributed by atoms with Crippen molar-refractivity contribution in [2.75, 3.05) is 11.9 Å². The molecule has 0 aliphatic heterocycles. The number of alkyl halides is 1. The quantitative estimate of drug-likeness (QED) is 0.586. The minimum absolute atomic E-state index is 0.292. The van der Waals surface area contributed by atoms with E-state index in [0.717, 1.165) is 17.3 Å². The Hall–Kier alpha value is -0.570. The van der Waals surface area contributed by atoms with E-state index in [-0.39, 0.29) is 5.82 Å². The van der Waals surface area contributed by atoms with Crippen molar-refractivity contribution in [2.45, 2.75) is 13.3 Å². The molecule has 0 bridgehead atoms. The molecule has 1 rings (SSSR count). The first-order valence-electron chi connectivity index (χ1n) is 4.19. The fourth-order valence-corrected chi connectivity index (χ4v) is 1.19. The topological polar surface area (TPSA) is 9.23 Å². The maximum atomic E-state index is 13.1. The number of rotatable bonds is 4. The molecule has 0 spiro atoms. The third-order valence-corrected chi connectivity index (χ3v) is 2.18. The van der Waals surface area contributed by atoms with Crippen LogP contribution in [0.1, 0.15) is 12.0 Å². The summed E-state index contributed by atoms with van der Waals surface area (Å²) in [5.41, 5.74) is 1.01. The van der Waals surface area contributed by atoms with Gasteiger partial charge in [-0.1, -0.05) is 22.0 Å². The van der Waals surface area contributed by atoms with Gasteiger partial charge in [0.05, 0.1) is 6.61 Å². The maximum Gasteiger partial charge on any atom is 0.165 e. The molecule has 0 heterocycles. The minimum Gasteiger partial charge on any atom is -0.490 e. The van der Waals surface area contributed by atoms with Gasteiger partial charge in [0.15, 0.2) is 11.6 Å². The Kier molecular flexibility index (Phi) is 4.22. The fraction of sp³-hybridized carbons (Fsp3) is 0.400. The Bertz CT molecular complexity index is 276. The van der Waals surface area contributed by atoms with Crippen molar-refractivity contribution >= 4 is 15.9 Å². The zero-order valence-corrected chi connectivity index (χ0v) is 9.10. The molecule has 1 aromatic rings. The van der Waals surface area contributed by atoms with Crippen LogP contribution in [-0.2, 0) is 0 Å². The number of halogens is 2. The largest absolute Gasteiger partial charge is 0.490 e. The summed E-state index contributed by atoms with van der Waals surface area (Å²) >= 11 is 3.28. The molecule has 13 heavy (non-hydrogen) atoms. The Morgan fingerprint density at radius 2 is 2.23 bits per heavy atom. The first-order chi connectivity index (χ1) is 6.24. The molecule has 3 heteroatoms. The van der Waals surface area contributed by atoms with Gasteiger partial charge in [-0.3, -0.25) is 0 Å². The lowest BCUT2D eigenvalue weighted by atomic mass is 10.2. The van der Waals surface area contributed by atoms with E-state index in [0.29, 0.717) is 12.4 Å². The van der Waals surface area contributed by atoms with Crippen molar-refractivity contribution in [2.24, 2.45) is 0 Å². The first kappa shape index (κ1) is 10.5. The molecule has 0 aromatic heterocycles. The van der Waals surface area contributed by atoms with Crippen molar-refractivity contribution in [3.63, 3.8) is 0 Å². The lowest BCUT2D eigenvalue weighted by Crippen LogP contribution is -1.99. The predicted molar refractivity (Wildman–Crippen MR) is 55.0 cm³/mol. The van der Waals surface area contributed by atoms with Gasteiger partial charge < -0.3 is 4.74 Å². The van der Waals surface area contributed by atoms with E-state index in [1.165, 1.54) is 6.07 Å². The minimum atomic E-state index is -0.292. The van der Waals surface area contributed by atoms with Gasteiger partial charge in [0, 0.05) is 5.33 Å². The van der Waals surface area contributed by atoms with Crippen LogP contribution in [0.5, 0.6) is 5.75 Å². The highest BCUT2D eigenvalue weighted by molar-refractivity contribution is 9.09. The summed E-state index contributed by atoms with van der Waals surface area (Å²) in [6.45, 7) is 2.46. The monoisotopic (exact) mass is 246 g/mol. The van der Waals surface area contributed by atoms with Crippen LogP contribution in [0.15, 0.2) is 18.2 Å². The molecule has 1 nitrogen and oxygen atoms in total. The Morgan fingerprint density at radius 3 is 2.92 bits per heavy atom. The Morgan fingerprint density at radius 1 is 1.46 bits per heavy atom. The second-order valence-electron chi connectivity index (χ2n) is 2.82. The lowest BCUT2D eigenvalue weighted by molar-refractivity contribution is 0.302. The van der Waals surface area contributed by atoms with Crippen LogP contribution in [0.3, 0.4) is 0 Å². The number of aryl methyl sites for hydroxylation is 1. The van der Waals surface area contributed by atoms with E-state index >= 15 is 0 Å². The van der Waals surface area contributed by atoms with E-state index in [1.807, 2.05) is 6.92 Å². The molecule has 0 radical (unpaired) electrons. The highest BCUT2D eigenvalue weighted by Crippen LogP contribution is 2.18. The van der Waals surface area contributed by atoms with Gasteiger partial charge in [-0.05, 0) is 31.0 Å². The third kappa shape index (κ3) is 3.35. The molecular formula is C10H12BrFO. The zero-order chi connectivity index (χ0) is 9.68. The number of hydrogen-bond acceptors (Lipinski definition) is 1. The molecule has 1 aromatic carbocycles. The summed E-state index contributed by atoms with van der Waals surface area (Å²) in [7, 11) is 0. The summed E-state index contributed by atoms with van der Waals surface area (Å²) in [4.78, 5) is 0. The third-order valence-electron chi connectivity index (χ3n) is 1.62. The summed E-state index contributed by atoms with van der Waals surface area (Å²) in [6.07, 6.45) is 0.882. The number of ether oxygens (including phenoxy) is 1. The molecule has 72 valence electrons. The first-order valence-corrected chi connectivity index (χ1v) is 5.31. The summed E-state index contributed by atoms with van der Waals surface area (Å²) in [6, 6.07) is 4.87. The zero-order valence-electron chi connectivity index (χ0n) is 7.52. The van der Waals surface area contributed by atoms with Crippen molar-refractivity contribution in [3.8, 4) is 5.75 Å². The van der Waals surface area contributed by atoms with Gasteiger partial charge in [-0.15, -0.1) is 0 Å². The molecule has 0 unspecified atom stereocenters. The van der Waals surface area contributed by atoms with Crippen molar-refractivity contribution < 1.29 is 9.13 Å². The molecular weight excluding hydrogens is 235 g/mol. The van der Waals surface area contributed by atoms with Crippen LogP contribution in [-0.4, -0.2) is 11.9 Å². The van der Waals surface area contributed by atoms with Crippen LogP contribution in [0.4, 0.5) is 4.39 Å². The van der Waals surface area contributed by atoms with E-state index in [9.17, 15) is 4.39 Å². The number of hydrogen-bond donors (Lipinski definition) is 0. The Labute approximate surface area is 86.0 Å². The van der Waals surface area contributed by atoms with Crippen LogP contribution >= 0.6 is 15.9 Å². The van der Waals surface area contributed by atoms with E-state index in [1.54, 1.807) is 12.1 Å². The average molecular weight is 247 g/mol. The van der Waals surface area contributed by atoms with Gasteiger partial charge in [0.1, 0.15) is 0 Å². The predicted octanol–water partition coefficient (Wildman–Crippen LogP) is 3.30. The van der Waals surface area contributed by atoms with E-state index in [2.05, 4.69) is 15.9 Å². The molecule has 0 saturated carbocycles. The van der Waals surface area contributed by atoms with Crippen LogP contribution in [0.2, 0.25) is 0 Å². The van der Waals surface area contributed by atoms with Crippen LogP contribution < -0.4 is 4.74 Å². The average Bonchev–Trinajstić information content (AvgIpc) is 2.11. The molecule has 0 aliphatic rings. The second-order valence-corrected chi connectivity index (χ2v) is 3.62. The van der Waals surface area contributed by atoms with Gasteiger partial charge in [0.25, 0.3) is 0 Å². The van der Waals surface area contributed by atoms with Gasteiger partial charge in [-0.2, -0.15) is 0 Å². The second kappa shape index (κ2) is 5.22. The highest BCUT2D eigenvalue weighted by Gasteiger charge is 2.01. The van der Waals surface area contributed by atoms with Crippen molar-refractivity contribution in [1.82, 2.24) is 0 Å². The summed E-state index contributed by atoms with van der Waals surface area (Å²) < 4.78 is 18.3. The van der Waals surface area contributed by atoms with Gasteiger partial charge >= 0.3 is 0 Å².